The molecule has 0 spiro atoms. The lowest BCUT2D eigenvalue weighted by atomic mass is 9.76. The summed E-state index contributed by atoms with van der Waals surface area (Å²) < 4.78 is 1.99. The van der Waals surface area contributed by atoms with Gasteiger partial charge >= 0.3 is 0 Å². The maximum absolute atomic E-state index is 9.52. The molecular formula is C14H20ClN5O. The average molecular weight is 310 g/mol. The Bertz CT molecular complexity index is 669. The first-order valence-corrected chi connectivity index (χ1v) is 7.56. The Hall–Kier alpha value is -1.40. The van der Waals surface area contributed by atoms with Crippen LogP contribution in [0.4, 0.5) is 5.95 Å². The predicted octanol–water partition coefficient (Wildman–Crippen LogP) is 2.11. The van der Waals surface area contributed by atoms with Crippen molar-refractivity contribution in [2.75, 3.05) is 12.3 Å². The average Bonchev–Trinajstić information content (AvgIpc) is 2.92. The van der Waals surface area contributed by atoms with Gasteiger partial charge in [-0.05, 0) is 30.1 Å². The van der Waals surface area contributed by atoms with Crippen LogP contribution in [-0.4, -0.2) is 31.2 Å². The van der Waals surface area contributed by atoms with Crippen LogP contribution in [0.2, 0.25) is 5.15 Å². The predicted molar refractivity (Wildman–Crippen MR) is 81.8 cm³/mol. The summed E-state index contributed by atoms with van der Waals surface area (Å²) in [5.74, 6) is 0.968. The number of aromatic nitrogens is 4. The first kappa shape index (κ1) is 14.5. The Morgan fingerprint density at radius 1 is 1.38 bits per heavy atom. The second kappa shape index (κ2) is 5.10. The second-order valence-electron chi connectivity index (χ2n) is 6.42. The maximum Gasteiger partial charge on any atom is 0.223 e. The molecule has 2 aromatic rings. The fourth-order valence-electron chi connectivity index (χ4n) is 3.43. The maximum atomic E-state index is 9.52. The molecule has 0 amide bonds. The van der Waals surface area contributed by atoms with Crippen molar-refractivity contribution < 1.29 is 5.11 Å². The third kappa shape index (κ3) is 2.36. The summed E-state index contributed by atoms with van der Waals surface area (Å²) in [6.07, 6.45) is 3.89. The molecule has 0 radical (unpaired) electrons. The Morgan fingerprint density at radius 3 is 2.76 bits per heavy atom. The van der Waals surface area contributed by atoms with E-state index in [0.717, 1.165) is 19.4 Å². The van der Waals surface area contributed by atoms with E-state index in [2.05, 4.69) is 28.8 Å². The number of nitrogen functional groups attached to an aromatic ring is 1. The zero-order valence-electron chi connectivity index (χ0n) is 12.3. The van der Waals surface area contributed by atoms with Crippen molar-refractivity contribution >= 4 is 28.7 Å². The molecule has 0 saturated heterocycles. The van der Waals surface area contributed by atoms with Crippen molar-refractivity contribution in [2.45, 2.75) is 33.2 Å². The summed E-state index contributed by atoms with van der Waals surface area (Å²) in [6, 6.07) is 0. The van der Waals surface area contributed by atoms with Gasteiger partial charge in [-0.3, -0.25) is 0 Å². The minimum atomic E-state index is 0.0910. The molecule has 0 aliphatic heterocycles. The molecule has 1 fully saturated rings. The van der Waals surface area contributed by atoms with Gasteiger partial charge in [0, 0.05) is 13.2 Å². The number of rotatable bonds is 3. The fourth-order valence-corrected chi connectivity index (χ4v) is 3.65. The number of aliphatic hydroxyl groups excluding tert-OH is 1. The highest BCUT2D eigenvalue weighted by atomic mass is 35.5. The van der Waals surface area contributed by atoms with E-state index in [1.54, 1.807) is 6.33 Å². The minimum absolute atomic E-state index is 0.0910. The van der Waals surface area contributed by atoms with Gasteiger partial charge in [-0.25, -0.2) is 4.98 Å². The highest BCUT2D eigenvalue weighted by molar-refractivity contribution is 6.33. The molecule has 1 aliphatic carbocycles. The molecule has 3 N–H and O–H groups in total. The normalized spacial score (nSPS) is 24.8. The van der Waals surface area contributed by atoms with E-state index in [1.165, 1.54) is 0 Å². The number of nitrogens with two attached hydrogens (primary N) is 1. The van der Waals surface area contributed by atoms with Crippen LogP contribution in [0, 0.1) is 17.3 Å². The molecule has 6 nitrogen and oxygen atoms in total. The number of hydrogen-bond donors (Lipinski definition) is 2. The van der Waals surface area contributed by atoms with Crippen LogP contribution in [0.3, 0.4) is 0 Å². The third-order valence-corrected chi connectivity index (χ3v) is 5.31. The van der Waals surface area contributed by atoms with Crippen molar-refractivity contribution in [1.82, 2.24) is 19.5 Å². The number of anilines is 1. The molecule has 2 heterocycles. The standard InChI is InChI=1S/C14H20ClN5O/c1-14(2)8(3-4-9(14)6-21)5-20-7-17-10-11(15)18-13(16)19-12(10)20/h7-9,21H,3-6H2,1-2H3,(H2,16,18,19)/t8-,9+/m1/s1. The van der Waals surface area contributed by atoms with E-state index in [9.17, 15) is 5.11 Å². The first-order chi connectivity index (χ1) is 9.93. The van der Waals surface area contributed by atoms with Gasteiger partial charge in [-0.2, -0.15) is 9.97 Å². The number of nitrogens with zero attached hydrogens (tertiary/aromatic N) is 4. The largest absolute Gasteiger partial charge is 0.396 e. The van der Waals surface area contributed by atoms with Crippen molar-refractivity contribution in [1.29, 1.82) is 0 Å². The molecule has 114 valence electrons. The Morgan fingerprint density at radius 2 is 2.10 bits per heavy atom. The molecule has 3 rings (SSSR count). The number of halogens is 1. The second-order valence-corrected chi connectivity index (χ2v) is 6.77. The van der Waals surface area contributed by atoms with E-state index in [4.69, 9.17) is 17.3 Å². The van der Waals surface area contributed by atoms with Crippen molar-refractivity contribution in [3.8, 4) is 0 Å². The summed E-state index contributed by atoms with van der Waals surface area (Å²) in [5.41, 5.74) is 7.03. The first-order valence-electron chi connectivity index (χ1n) is 7.18. The van der Waals surface area contributed by atoms with Gasteiger partial charge in [-0.1, -0.05) is 25.4 Å². The molecule has 21 heavy (non-hydrogen) atoms. The van der Waals surface area contributed by atoms with Crippen LogP contribution in [-0.2, 0) is 6.54 Å². The Balaban J connectivity index is 1.93. The van der Waals surface area contributed by atoms with Crippen LogP contribution in [0.25, 0.3) is 11.2 Å². The quantitative estimate of drug-likeness (QED) is 0.847. The SMILES string of the molecule is CC1(C)[C@H](CO)CC[C@@H]1Cn1cnc2c(Cl)nc(N)nc21. The van der Waals surface area contributed by atoms with Crippen LogP contribution in [0.1, 0.15) is 26.7 Å². The Labute approximate surface area is 128 Å². The van der Waals surface area contributed by atoms with E-state index in [-0.39, 0.29) is 23.1 Å². The molecule has 1 aliphatic rings. The Kier molecular flexibility index (Phi) is 3.53. The van der Waals surface area contributed by atoms with Gasteiger partial charge in [0.05, 0.1) is 6.33 Å². The van der Waals surface area contributed by atoms with Gasteiger partial charge in [-0.15, -0.1) is 0 Å². The molecule has 0 aromatic carbocycles. The van der Waals surface area contributed by atoms with Crippen molar-refractivity contribution in [2.24, 2.45) is 17.3 Å². The highest BCUT2D eigenvalue weighted by Gasteiger charge is 2.42. The van der Waals surface area contributed by atoms with Gasteiger partial charge in [0.1, 0.15) is 5.52 Å². The van der Waals surface area contributed by atoms with E-state index in [0.29, 0.717) is 23.0 Å². The summed E-state index contributed by atoms with van der Waals surface area (Å²) in [6.45, 7) is 5.49. The fraction of sp³-hybridized carbons (Fsp3) is 0.643. The topological polar surface area (TPSA) is 89.8 Å². The number of imidazole rings is 1. The van der Waals surface area contributed by atoms with E-state index < -0.39 is 0 Å². The minimum Gasteiger partial charge on any atom is -0.396 e. The summed E-state index contributed by atoms with van der Waals surface area (Å²) in [5, 5.41) is 9.80. The zero-order valence-corrected chi connectivity index (χ0v) is 13.0. The lowest BCUT2D eigenvalue weighted by Gasteiger charge is -2.32. The smallest absolute Gasteiger partial charge is 0.223 e. The van der Waals surface area contributed by atoms with E-state index in [1.807, 2.05) is 4.57 Å². The lowest BCUT2D eigenvalue weighted by molar-refractivity contribution is 0.107. The summed E-state index contributed by atoms with van der Waals surface area (Å²) in [7, 11) is 0. The molecule has 7 heteroatoms. The number of hydrogen-bond acceptors (Lipinski definition) is 5. The van der Waals surface area contributed by atoms with Gasteiger partial charge < -0.3 is 15.4 Å². The molecule has 0 bridgehead atoms. The van der Waals surface area contributed by atoms with E-state index >= 15 is 0 Å². The number of fused-ring (bicyclic) bond motifs is 1. The zero-order chi connectivity index (χ0) is 15.2. The van der Waals surface area contributed by atoms with Crippen LogP contribution in [0.15, 0.2) is 6.33 Å². The van der Waals surface area contributed by atoms with Gasteiger partial charge in [0.25, 0.3) is 0 Å². The molecule has 1 saturated carbocycles. The molecular weight excluding hydrogens is 290 g/mol. The van der Waals surface area contributed by atoms with Crippen LogP contribution in [0.5, 0.6) is 0 Å². The monoisotopic (exact) mass is 309 g/mol. The highest BCUT2D eigenvalue weighted by Crippen LogP contribution is 2.48. The van der Waals surface area contributed by atoms with Gasteiger partial charge in [0.15, 0.2) is 10.8 Å². The van der Waals surface area contributed by atoms with Crippen LogP contribution < -0.4 is 5.73 Å². The summed E-state index contributed by atoms with van der Waals surface area (Å²) >= 11 is 6.05. The summed E-state index contributed by atoms with van der Waals surface area (Å²) in [4.78, 5) is 12.5. The molecule has 0 unspecified atom stereocenters. The van der Waals surface area contributed by atoms with Crippen molar-refractivity contribution in [3.05, 3.63) is 11.5 Å². The third-order valence-electron chi connectivity index (χ3n) is 5.04. The van der Waals surface area contributed by atoms with Crippen LogP contribution >= 0.6 is 11.6 Å². The molecule has 2 aromatic heterocycles. The van der Waals surface area contributed by atoms with Crippen molar-refractivity contribution in [3.63, 3.8) is 0 Å². The lowest BCUT2D eigenvalue weighted by Crippen LogP contribution is -2.29. The van der Waals surface area contributed by atoms with Gasteiger partial charge in [0.2, 0.25) is 5.95 Å². The number of aliphatic hydroxyl groups is 1. The molecule has 2 atom stereocenters.